The Morgan fingerprint density at radius 3 is 1.39 bits per heavy atom. The second kappa shape index (κ2) is 5.09. The number of benzene rings is 3. The van der Waals surface area contributed by atoms with Crippen LogP contribution in [0.15, 0.2) is 84.9 Å². The molecule has 3 aromatic carbocycles. The predicted octanol–water partition coefficient (Wildman–Crippen LogP) is 4.05. The summed E-state index contributed by atoms with van der Waals surface area (Å²) < 4.78 is 19.1. The van der Waals surface area contributed by atoms with Crippen molar-refractivity contribution in [2.75, 3.05) is 7.11 Å². The van der Waals surface area contributed by atoms with Crippen molar-refractivity contribution in [1.82, 2.24) is 0 Å². The fourth-order valence-corrected chi connectivity index (χ4v) is 6.71. The van der Waals surface area contributed by atoms with E-state index in [0.29, 0.717) is 11.5 Å². The van der Waals surface area contributed by atoms with Gasteiger partial charge >= 0.3 is 135 Å². The molecule has 0 radical (unpaired) electrons. The average Bonchev–Trinajstić information content (AvgIpc) is 3.01. The molecule has 3 aromatic rings. The molecule has 116 valence electrons. The molecule has 0 N–H and O–H groups in total. The van der Waals surface area contributed by atoms with Crippen LogP contribution in [0.25, 0.3) is 0 Å². The van der Waals surface area contributed by atoms with Crippen LogP contribution in [0.3, 0.4) is 0 Å². The molecule has 0 unspecified atom stereocenters. The zero-order chi connectivity index (χ0) is 15.8. The summed E-state index contributed by atoms with van der Waals surface area (Å²) in [5.74, 6) is 1.42. The van der Waals surface area contributed by atoms with Gasteiger partial charge in [-0.2, -0.15) is 0 Å². The Morgan fingerprint density at radius 2 is 1.00 bits per heavy atom. The summed E-state index contributed by atoms with van der Waals surface area (Å²) in [6.07, 6.45) is 0. The molecule has 23 heavy (non-hydrogen) atoms. The molecular formula is C19H17O3P. The third-order valence-electron chi connectivity index (χ3n) is 4.11. The van der Waals surface area contributed by atoms with Crippen molar-refractivity contribution in [3.8, 4) is 11.5 Å². The molecule has 1 aliphatic heterocycles. The van der Waals surface area contributed by atoms with Gasteiger partial charge in [0.25, 0.3) is 0 Å². The van der Waals surface area contributed by atoms with Gasteiger partial charge in [-0.1, -0.05) is 0 Å². The quantitative estimate of drug-likeness (QED) is 0.680. The Balaban J connectivity index is 2.04. The molecule has 0 aromatic heterocycles. The first-order valence-electron chi connectivity index (χ1n) is 7.46. The standard InChI is InChI=1S/C19H17O3P/c1-20-23(16-10-4-2-5-11-16,17-12-6-3-7-13-17)21-18-14-8-9-15-19(18)22-23/h2-15H,1H3. The van der Waals surface area contributed by atoms with Crippen LogP contribution >= 0.6 is 7.28 Å². The van der Waals surface area contributed by atoms with Gasteiger partial charge in [-0.3, -0.25) is 0 Å². The van der Waals surface area contributed by atoms with Crippen molar-refractivity contribution in [2.45, 2.75) is 0 Å². The zero-order valence-corrected chi connectivity index (χ0v) is 13.6. The van der Waals surface area contributed by atoms with E-state index < -0.39 is 7.28 Å². The van der Waals surface area contributed by atoms with Gasteiger partial charge in [0.1, 0.15) is 0 Å². The number of rotatable bonds is 3. The van der Waals surface area contributed by atoms with Crippen molar-refractivity contribution in [1.29, 1.82) is 0 Å². The minimum atomic E-state index is -3.71. The number of para-hydroxylation sites is 2. The van der Waals surface area contributed by atoms with Crippen LogP contribution in [0, 0.1) is 0 Å². The van der Waals surface area contributed by atoms with E-state index in [1.54, 1.807) is 7.11 Å². The van der Waals surface area contributed by atoms with Crippen LogP contribution in [0.4, 0.5) is 0 Å². The molecule has 4 heteroatoms. The fourth-order valence-electron chi connectivity index (χ4n) is 2.99. The van der Waals surface area contributed by atoms with Gasteiger partial charge in [-0.05, 0) is 0 Å². The van der Waals surface area contributed by atoms with Gasteiger partial charge in [0, 0.05) is 0 Å². The molecule has 0 saturated heterocycles. The van der Waals surface area contributed by atoms with Gasteiger partial charge in [0.15, 0.2) is 0 Å². The van der Waals surface area contributed by atoms with Crippen LogP contribution < -0.4 is 19.7 Å². The topological polar surface area (TPSA) is 27.7 Å². The van der Waals surface area contributed by atoms with E-state index in [0.717, 1.165) is 10.6 Å². The van der Waals surface area contributed by atoms with Crippen molar-refractivity contribution < 1.29 is 13.6 Å². The second-order valence-corrected chi connectivity index (χ2v) is 8.90. The molecular weight excluding hydrogens is 307 g/mol. The summed E-state index contributed by atoms with van der Waals surface area (Å²) in [7, 11) is -2.06. The SMILES string of the molecule is COP1(c2ccccc2)(c2ccccc2)Oc2ccccc2O1. The van der Waals surface area contributed by atoms with E-state index in [-0.39, 0.29) is 0 Å². The first-order valence-corrected chi connectivity index (χ1v) is 9.45. The predicted molar refractivity (Wildman–Crippen MR) is 93.8 cm³/mol. The Morgan fingerprint density at radius 1 is 0.609 bits per heavy atom. The van der Waals surface area contributed by atoms with Gasteiger partial charge in [0.05, 0.1) is 0 Å². The molecule has 3 nitrogen and oxygen atoms in total. The third-order valence-corrected chi connectivity index (χ3v) is 8.21. The normalized spacial score (nSPS) is 18.7. The van der Waals surface area contributed by atoms with Gasteiger partial charge in [-0.15, -0.1) is 0 Å². The molecule has 0 fully saturated rings. The van der Waals surface area contributed by atoms with E-state index >= 15 is 0 Å². The monoisotopic (exact) mass is 324 g/mol. The maximum atomic E-state index is 6.49. The summed E-state index contributed by atoms with van der Waals surface area (Å²) in [6.45, 7) is 0. The summed E-state index contributed by atoms with van der Waals surface area (Å²) in [4.78, 5) is 0. The molecule has 0 bridgehead atoms. The van der Waals surface area contributed by atoms with Crippen LogP contribution in [0.5, 0.6) is 11.5 Å². The molecule has 0 atom stereocenters. The first kappa shape index (κ1) is 14.3. The van der Waals surface area contributed by atoms with Crippen molar-refractivity contribution in [3.05, 3.63) is 84.9 Å². The Hall–Kier alpha value is -2.35. The van der Waals surface area contributed by atoms with Crippen LogP contribution in [-0.4, -0.2) is 7.11 Å². The second-order valence-electron chi connectivity index (χ2n) is 5.37. The number of fused-ring (bicyclic) bond motifs is 1. The van der Waals surface area contributed by atoms with Gasteiger partial charge in [-0.25, -0.2) is 0 Å². The van der Waals surface area contributed by atoms with Gasteiger partial charge in [0.2, 0.25) is 0 Å². The average molecular weight is 324 g/mol. The molecule has 0 aliphatic carbocycles. The number of hydrogen-bond donors (Lipinski definition) is 0. The minimum absolute atomic E-state index is 0.708. The van der Waals surface area contributed by atoms with E-state index in [4.69, 9.17) is 13.6 Å². The molecule has 1 aliphatic rings. The van der Waals surface area contributed by atoms with Crippen molar-refractivity contribution >= 4 is 17.9 Å². The maximum absolute atomic E-state index is 6.49. The molecule has 0 spiro atoms. The molecule has 1 heterocycles. The zero-order valence-electron chi connectivity index (χ0n) is 12.8. The summed E-state index contributed by atoms with van der Waals surface area (Å²) in [5, 5.41) is 1.81. The Bertz CT molecular complexity index is 765. The van der Waals surface area contributed by atoms with E-state index in [2.05, 4.69) is 0 Å². The summed E-state index contributed by atoms with van der Waals surface area (Å²) in [5.41, 5.74) is 0. The molecule has 0 saturated carbocycles. The summed E-state index contributed by atoms with van der Waals surface area (Å²) >= 11 is 0. The van der Waals surface area contributed by atoms with Crippen LogP contribution in [0.1, 0.15) is 0 Å². The molecule has 4 rings (SSSR count). The number of hydrogen-bond acceptors (Lipinski definition) is 3. The van der Waals surface area contributed by atoms with Crippen LogP contribution in [-0.2, 0) is 4.52 Å². The first-order chi connectivity index (χ1) is 11.3. The van der Waals surface area contributed by atoms with Crippen LogP contribution in [0.2, 0.25) is 0 Å². The molecule has 0 amide bonds. The van der Waals surface area contributed by atoms with Gasteiger partial charge < -0.3 is 0 Å². The van der Waals surface area contributed by atoms with Crippen molar-refractivity contribution in [2.24, 2.45) is 0 Å². The van der Waals surface area contributed by atoms with Crippen molar-refractivity contribution in [3.63, 3.8) is 0 Å². The Labute approximate surface area is 135 Å². The van der Waals surface area contributed by atoms with E-state index in [1.807, 2.05) is 84.9 Å². The van der Waals surface area contributed by atoms with E-state index in [1.165, 1.54) is 0 Å². The summed E-state index contributed by atoms with van der Waals surface area (Å²) in [6, 6.07) is 27.5. The fraction of sp³-hybridized carbons (Fsp3) is 0.0526. The third kappa shape index (κ3) is 1.91. The van der Waals surface area contributed by atoms with E-state index in [9.17, 15) is 0 Å². The Kier molecular flexibility index (Phi) is 3.15.